The molecule has 3 aromatic carbocycles. The Labute approximate surface area is 153 Å². The van der Waals surface area contributed by atoms with Crippen LogP contribution in [0, 0.1) is 13.8 Å². The van der Waals surface area contributed by atoms with E-state index in [4.69, 9.17) is 0 Å². The van der Waals surface area contributed by atoms with Crippen LogP contribution < -0.4 is 0 Å². The molecule has 114 valence electrons. The predicted molar refractivity (Wildman–Crippen MR) is 104 cm³/mol. The topological polar surface area (TPSA) is 0 Å². The molecule has 23 heavy (non-hydrogen) atoms. The number of benzene rings is 3. The van der Waals surface area contributed by atoms with Crippen molar-refractivity contribution in [3.8, 4) is 11.1 Å². The van der Waals surface area contributed by atoms with Gasteiger partial charge in [0.1, 0.15) is 0 Å². The maximum Gasteiger partial charge on any atom is 0.0353 e. The summed E-state index contributed by atoms with van der Waals surface area (Å²) in [6.45, 7) is 4.35. The monoisotopic (exact) mass is 426 g/mol. The second kappa shape index (κ2) is 5.61. The minimum Gasteiger partial charge on any atom is -0.0564 e. The van der Waals surface area contributed by atoms with E-state index in [1.807, 2.05) is 0 Å². The normalized spacial score (nSPS) is 13.0. The summed E-state index contributed by atoms with van der Waals surface area (Å²) in [5.41, 5.74) is 9.48. The van der Waals surface area contributed by atoms with Crippen LogP contribution in [0.3, 0.4) is 0 Å². The van der Waals surface area contributed by atoms with Crippen LogP contribution in [-0.4, -0.2) is 0 Å². The van der Waals surface area contributed by atoms with Crippen molar-refractivity contribution in [3.63, 3.8) is 0 Å². The molecular weight excluding hydrogens is 412 g/mol. The number of hydrogen-bond donors (Lipinski definition) is 0. The van der Waals surface area contributed by atoms with Crippen molar-refractivity contribution in [3.05, 3.63) is 91.4 Å². The lowest BCUT2D eigenvalue weighted by molar-refractivity contribution is 1.00. The number of halogens is 2. The molecule has 0 saturated carbocycles. The lowest BCUT2D eigenvalue weighted by Crippen LogP contribution is -2.00. The molecule has 3 aromatic rings. The van der Waals surface area contributed by atoms with Gasteiger partial charge in [0.2, 0.25) is 0 Å². The molecule has 0 nitrogen and oxygen atoms in total. The van der Waals surface area contributed by atoms with Crippen LogP contribution in [-0.2, 0) is 0 Å². The third kappa shape index (κ3) is 2.58. The van der Waals surface area contributed by atoms with Crippen molar-refractivity contribution in [2.45, 2.75) is 19.8 Å². The van der Waals surface area contributed by atoms with Gasteiger partial charge in [-0.1, -0.05) is 73.3 Å². The molecule has 4 rings (SSSR count). The van der Waals surface area contributed by atoms with E-state index in [-0.39, 0.29) is 0 Å². The van der Waals surface area contributed by atoms with E-state index in [1.54, 1.807) is 0 Å². The van der Waals surface area contributed by atoms with Gasteiger partial charge in [-0.25, -0.2) is 0 Å². The highest BCUT2D eigenvalue weighted by molar-refractivity contribution is 9.10. The van der Waals surface area contributed by atoms with Gasteiger partial charge in [0.05, 0.1) is 0 Å². The van der Waals surface area contributed by atoms with Crippen molar-refractivity contribution in [2.75, 3.05) is 0 Å². The van der Waals surface area contributed by atoms with Crippen molar-refractivity contribution in [1.29, 1.82) is 0 Å². The first-order chi connectivity index (χ1) is 11.0. The van der Waals surface area contributed by atoms with E-state index >= 15 is 0 Å². The van der Waals surface area contributed by atoms with Gasteiger partial charge in [-0.05, 0) is 65.9 Å². The van der Waals surface area contributed by atoms with Crippen molar-refractivity contribution >= 4 is 31.9 Å². The molecule has 2 heteroatoms. The smallest absolute Gasteiger partial charge is 0.0353 e. The Kier molecular flexibility index (Phi) is 3.70. The van der Waals surface area contributed by atoms with Crippen LogP contribution in [0.2, 0.25) is 0 Å². The molecule has 0 spiro atoms. The Morgan fingerprint density at radius 3 is 1.61 bits per heavy atom. The molecular formula is C21H16Br2. The summed E-state index contributed by atoms with van der Waals surface area (Å²) in [5, 5.41) is 0. The first-order valence-corrected chi connectivity index (χ1v) is 9.29. The standard InChI is InChI=1S/C21H16Br2/c1-12-7-13(2)9-14(8-12)21-19-10-15(22)3-5-17(19)18-6-4-16(23)11-20(18)21/h3-11,21H,1-2H3. The molecule has 0 bridgehead atoms. The summed E-state index contributed by atoms with van der Waals surface area (Å²) in [5.74, 6) is 0.300. The van der Waals surface area contributed by atoms with Gasteiger partial charge in [-0.15, -0.1) is 0 Å². The summed E-state index contributed by atoms with van der Waals surface area (Å²) >= 11 is 7.29. The van der Waals surface area contributed by atoms with Crippen LogP contribution in [0.1, 0.15) is 33.7 Å². The number of rotatable bonds is 1. The van der Waals surface area contributed by atoms with E-state index in [9.17, 15) is 0 Å². The molecule has 1 aliphatic carbocycles. The van der Waals surface area contributed by atoms with Crippen LogP contribution in [0.5, 0.6) is 0 Å². The summed E-state index contributed by atoms with van der Waals surface area (Å²) in [6, 6.07) is 20.1. The fraction of sp³-hybridized carbons (Fsp3) is 0.143. The molecule has 0 heterocycles. The molecule has 0 amide bonds. The Morgan fingerprint density at radius 1 is 0.652 bits per heavy atom. The van der Waals surface area contributed by atoms with Gasteiger partial charge in [-0.2, -0.15) is 0 Å². The van der Waals surface area contributed by atoms with E-state index in [2.05, 4.69) is 100 Å². The molecule has 0 aromatic heterocycles. The van der Waals surface area contributed by atoms with E-state index in [0.29, 0.717) is 5.92 Å². The Bertz CT molecular complexity index is 853. The maximum absolute atomic E-state index is 3.64. The highest BCUT2D eigenvalue weighted by Crippen LogP contribution is 2.49. The summed E-state index contributed by atoms with van der Waals surface area (Å²) in [7, 11) is 0. The van der Waals surface area contributed by atoms with Crippen LogP contribution in [0.4, 0.5) is 0 Å². The van der Waals surface area contributed by atoms with Crippen molar-refractivity contribution < 1.29 is 0 Å². The van der Waals surface area contributed by atoms with Gasteiger partial charge >= 0.3 is 0 Å². The zero-order valence-corrected chi connectivity index (χ0v) is 16.2. The first-order valence-electron chi connectivity index (χ1n) is 7.70. The van der Waals surface area contributed by atoms with Gasteiger partial charge in [-0.3, -0.25) is 0 Å². The summed E-state index contributed by atoms with van der Waals surface area (Å²) < 4.78 is 2.27. The summed E-state index contributed by atoms with van der Waals surface area (Å²) in [6.07, 6.45) is 0. The average Bonchev–Trinajstić information content (AvgIpc) is 2.78. The highest BCUT2D eigenvalue weighted by Gasteiger charge is 2.30. The van der Waals surface area contributed by atoms with Crippen molar-refractivity contribution in [2.24, 2.45) is 0 Å². The number of aryl methyl sites for hydroxylation is 2. The molecule has 1 aliphatic rings. The molecule has 0 aliphatic heterocycles. The lowest BCUT2D eigenvalue weighted by atomic mass is 9.88. The first kappa shape index (κ1) is 15.2. The lowest BCUT2D eigenvalue weighted by Gasteiger charge is -2.16. The van der Waals surface area contributed by atoms with Crippen LogP contribution in [0.15, 0.2) is 63.5 Å². The molecule has 0 saturated heterocycles. The molecule has 0 radical (unpaired) electrons. The van der Waals surface area contributed by atoms with Gasteiger partial charge in [0.15, 0.2) is 0 Å². The zero-order chi connectivity index (χ0) is 16.1. The Morgan fingerprint density at radius 2 is 1.13 bits per heavy atom. The van der Waals surface area contributed by atoms with Gasteiger partial charge in [0, 0.05) is 14.9 Å². The van der Waals surface area contributed by atoms with Gasteiger partial charge in [0.25, 0.3) is 0 Å². The number of hydrogen-bond acceptors (Lipinski definition) is 0. The van der Waals surface area contributed by atoms with Crippen molar-refractivity contribution in [1.82, 2.24) is 0 Å². The molecule has 0 fully saturated rings. The third-order valence-electron chi connectivity index (χ3n) is 4.52. The fourth-order valence-electron chi connectivity index (χ4n) is 3.74. The SMILES string of the molecule is Cc1cc(C)cc(C2c3cc(Br)ccc3-c3ccc(Br)cc32)c1. The largest absolute Gasteiger partial charge is 0.0564 e. The minimum absolute atomic E-state index is 0.300. The highest BCUT2D eigenvalue weighted by atomic mass is 79.9. The Hall–Kier alpha value is -1.38. The minimum atomic E-state index is 0.300. The second-order valence-corrected chi connectivity index (χ2v) is 8.15. The quantitative estimate of drug-likeness (QED) is 0.307. The second-order valence-electron chi connectivity index (χ2n) is 6.32. The van der Waals surface area contributed by atoms with E-state index < -0.39 is 0 Å². The predicted octanol–water partition coefficient (Wildman–Crippen LogP) is 6.99. The van der Waals surface area contributed by atoms with E-state index in [1.165, 1.54) is 38.9 Å². The third-order valence-corrected chi connectivity index (χ3v) is 5.50. The zero-order valence-electron chi connectivity index (χ0n) is 13.0. The number of fused-ring (bicyclic) bond motifs is 3. The van der Waals surface area contributed by atoms with Crippen LogP contribution >= 0.6 is 31.9 Å². The average molecular weight is 428 g/mol. The molecule has 0 unspecified atom stereocenters. The van der Waals surface area contributed by atoms with Crippen LogP contribution in [0.25, 0.3) is 11.1 Å². The fourth-order valence-corrected chi connectivity index (χ4v) is 4.50. The Balaban J connectivity index is 2.02. The van der Waals surface area contributed by atoms with Gasteiger partial charge < -0.3 is 0 Å². The molecule has 0 N–H and O–H groups in total. The maximum atomic E-state index is 3.64. The molecule has 0 atom stereocenters. The summed E-state index contributed by atoms with van der Waals surface area (Å²) in [4.78, 5) is 0. The van der Waals surface area contributed by atoms with E-state index in [0.717, 1.165) is 8.95 Å².